The number of nitrogens with one attached hydrogen (secondary N) is 1. The van der Waals surface area contributed by atoms with E-state index in [0.717, 1.165) is 6.26 Å². The van der Waals surface area contributed by atoms with E-state index >= 15 is 0 Å². The summed E-state index contributed by atoms with van der Waals surface area (Å²) in [5.41, 5.74) is 0.0219. The van der Waals surface area contributed by atoms with Crippen LogP contribution in [-0.4, -0.2) is 36.4 Å². The Labute approximate surface area is 142 Å². The third-order valence-corrected chi connectivity index (χ3v) is 6.95. The first-order valence-electron chi connectivity index (χ1n) is 7.86. The minimum absolute atomic E-state index is 0.335. The largest absolute Gasteiger partial charge is 0.481 e. The first-order valence-corrected chi connectivity index (χ1v) is 9.75. The van der Waals surface area contributed by atoms with Gasteiger partial charge in [-0.3, -0.25) is 9.59 Å². The fraction of sp³-hybridized carbons (Fsp3) is 0.529. The molecular weight excluding hydrogens is 330 g/mol. The van der Waals surface area contributed by atoms with Crippen LogP contribution in [0.1, 0.15) is 45.1 Å². The van der Waals surface area contributed by atoms with Gasteiger partial charge in [-0.2, -0.15) is 0 Å². The molecule has 6 nitrogen and oxygen atoms in total. The van der Waals surface area contributed by atoms with Gasteiger partial charge < -0.3 is 10.4 Å². The maximum Gasteiger partial charge on any atom is 0.313 e. The van der Waals surface area contributed by atoms with Crippen LogP contribution in [0.4, 0.5) is 5.69 Å². The number of carbonyl (C=O) groups excluding carboxylic acids is 1. The number of amides is 1. The van der Waals surface area contributed by atoms with E-state index in [2.05, 4.69) is 5.32 Å². The van der Waals surface area contributed by atoms with Crippen LogP contribution < -0.4 is 5.32 Å². The average Bonchev–Trinajstić information content (AvgIpc) is 2.98. The summed E-state index contributed by atoms with van der Waals surface area (Å²) >= 11 is 0. The Kier molecular flexibility index (Phi) is 4.77. The van der Waals surface area contributed by atoms with E-state index < -0.39 is 31.9 Å². The third-order valence-electron chi connectivity index (χ3n) is 4.93. The number of aliphatic carboxylic acids is 1. The highest BCUT2D eigenvalue weighted by atomic mass is 32.2. The van der Waals surface area contributed by atoms with Crippen LogP contribution in [0.25, 0.3) is 0 Å². The lowest BCUT2D eigenvalue weighted by Gasteiger charge is -2.26. The van der Waals surface area contributed by atoms with Crippen molar-refractivity contribution in [3.05, 3.63) is 29.8 Å². The van der Waals surface area contributed by atoms with Crippen LogP contribution >= 0.6 is 0 Å². The van der Waals surface area contributed by atoms with Crippen LogP contribution in [0.2, 0.25) is 0 Å². The van der Waals surface area contributed by atoms with Gasteiger partial charge >= 0.3 is 5.97 Å². The van der Waals surface area contributed by atoms with Crippen molar-refractivity contribution in [2.45, 2.75) is 49.7 Å². The zero-order chi connectivity index (χ0) is 18.2. The van der Waals surface area contributed by atoms with Gasteiger partial charge in [0.1, 0.15) is 0 Å². The van der Waals surface area contributed by atoms with E-state index in [1.807, 2.05) is 0 Å². The number of hydrogen-bond donors (Lipinski definition) is 2. The number of sulfone groups is 1. The van der Waals surface area contributed by atoms with E-state index in [0.29, 0.717) is 36.9 Å². The van der Waals surface area contributed by atoms with E-state index in [1.54, 1.807) is 38.1 Å². The van der Waals surface area contributed by atoms with Gasteiger partial charge in [0.15, 0.2) is 14.6 Å². The highest BCUT2D eigenvalue weighted by molar-refractivity contribution is 7.92. The molecule has 0 saturated heterocycles. The van der Waals surface area contributed by atoms with Gasteiger partial charge in [-0.15, -0.1) is 0 Å². The summed E-state index contributed by atoms with van der Waals surface area (Å²) in [5, 5.41) is 11.9. The van der Waals surface area contributed by atoms with Gasteiger partial charge in [-0.05, 0) is 44.4 Å². The van der Waals surface area contributed by atoms with Gasteiger partial charge in [0, 0.05) is 11.9 Å². The highest BCUT2D eigenvalue weighted by Crippen LogP contribution is 2.37. The standard InChI is InChI=1S/C17H23NO5S/c1-16(2,15(20)21)12-6-8-13(9-7-12)18-14(19)17(24(3,22)23)10-4-5-11-17/h6-9H,4-5,10-11H2,1-3H3,(H,18,19)(H,20,21). The Bertz CT molecular complexity index is 744. The quantitative estimate of drug-likeness (QED) is 0.846. The molecule has 0 aliphatic heterocycles. The summed E-state index contributed by atoms with van der Waals surface area (Å²) in [6.07, 6.45) is 3.21. The minimum atomic E-state index is -3.52. The lowest BCUT2D eigenvalue weighted by atomic mass is 9.85. The molecule has 1 saturated carbocycles. The third kappa shape index (κ3) is 3.17. The number of anilines is 1. The summed E-state index contributed by atoms with van der Waals surface area (Å²) in [6, 6.07) is 6.46. The topological polar surface area (TPSA) is 101 Å². The lowest BCUT2D eigenvalue weighted by Crippen LogP contribution is -2.47. The smallest absolute Gasteiger partial charge is 0.313 e. The second-order valence-corrected chi connectivity index (χ2v) is 9.26. The Morgan fingerprint density at radius 3 is 2.04 bits per heavy atom. The molecule has 1 aromatic rings. The normalized spacial score (nSPS) is 17.5. The molecule has 1 fully saturated rings. The molecule has 0 heterocycles. The van der Waals surface area contributed by atoms with Crippen LogP contribution in [-0.2, 0) is 24.8 Å². The van der Waals surface area contributed by atoms with Gasteiger partial charge in [0.05, 0.1) is 5.41 Å². The molecule has 0 radical (unpaired) electrons. The molecule has 2 N–H and O–H groups in total. The molecule has 0 atom stereocenters. The lowest BCUT2D eigenvalue weighted by molar-refractivity contribution is -0.142. The number of hydrogen-bond acceptors (Lipinski definition) is 4. The fourth-order valence-electron chi connectivity index (χ4n) is 3.05. The summed E-state index contributed by atoms with van der Waals surface area (Å²) in [7, 11) is -3.52. The highest BCUT2D eigenvalue weighted by Gasteiger charge is 2.50. The molecule has 2 rings (SSSR count). The van der Waals surface area contributed by atoms with Crippen molar-refractivity contribution in [3.63, 3.8) is 0 Å². The van der Waals surface area contributed by atoms with Gasteiger partial charge in [-0.25, -0.2) is 8.42 Å². The van der Waals surface area contributed by atoms with Crippen molar-refractivity contribution in [2.75, 3.05) is 11.6 Å². The summed E-state index contributed by atoms with van der Waals surface area (Å²) in [6.45, 7) is 3.19. The number of carboxylic acid groups (broad SMARTS) is 1. The average molecular weight is 353 g/mol. The van der Waals surface area contributed by atoms with Crippen molar-refractivity contribution in [2.24, 2.45) is 0 Å². The van der Waals surface area contributed by atoms with Crippen molar-refractivity contribution in [3.8, 4) is 0 Å². The van der Waals surface area contributed by atoms with Crippen molar-refractivity contribution in [1.29, 1.82) is 0 Å². The monoisotopic (exact) mass is 353 g/mol. The first-order chi connectivity index (χ1) is 11.0. The molecule has 0 aromatic heterocycles. The molecule has 1 aliphatic rings. The van der Waals surface area contributed by atoms with E-state index in [9.17, 15) is 23.1 Å². The summed E-state index contributed by atoms with van der Waals surface area (Å²) in [5.74, 6) is -1.45. The molecule has 24 heavy (non-hydrogen) atoms. The summed E-state index contributed by atoms with van der Waals surface area (Å²) < 4.78 is 22.9. The van der Waals surface area contributed by atoms with Crippen LogP contribution in [0.5, 0.6) is 0 Å². The molecule has 132 valence electrons. The van der Waals surface area contributed by atoms with Crippen LogP contribution in [0.3, 0.4) is 0 Å². The number of rotatable bonds is 5. The Hall–Kier alpha value is -1.89. The molecule has 1 amide bonds. The molecule has 1 aromatic carbocycles. The van der Waals surface area contributed by atoms with Crippen LogP contribution in [0.15, 0.2) is 24.3 Å². The Balaban J connectivity index is 2.23. The van der Waals surface area contributed by atoms with Gasteiger partial charge in [0.25, 0.3) is 0 Å². The molecule has 0 bridgehead atoms. The number of carbonyl (C=O) groups is 2. The SMILES string of the molecule is CC(C)(C(=O)O)c1ccc(NC(=O)C2(S(C)(=O)=O)CCCC2)cc1. The maximum atomic E-state index is 12.6. The van der Waals surface area contributed by atoms with E-state index in [-0.39, 0.29) is 0 Å². The molecular formula is C17H23NO5S. The zero-order valence-electron chi connectivity index (χ0n) is 14.1. The predicted molar refractivity (Wildman–Crippen MR) is 91.8 cm³/mol. The number of carboxylic acids is 1. The van der Waals surface area contributed by atoms with Gasteiger partial charge in [0.2, 0.25) is 5.91 Å². The Morgan fingerprint density at radius 2 is 1.62 bits per heavy atom. The predicted octanol–water partition coefficient (Wildman–Crippen LogP) is 2.34. The van der Waals surface area contributed by atoms with E-state index in [4.69, 9.17) is 0 Å². The fourth-order valence-corrected chi connectivity index (χ4v) is 4.47. The first kappa shape index (κ1) is 18.4. The van der Waals surface area contributed by atoms with E-state index in [1.165, 1.54) is 0 Å². The van der Waals surface area contributed by atoms with Crippen molar-refractivity contribution in [1.82, 2.24) is 0 Å². The minimum Gasteiger partial charge on any atom is -0.481 e. The van der Waals surface area contributed by atoms with Crippen molar-refractivity contribution < 1.29 is 23.1 Å². The number of benzene rings is 1. The maximum absolute atomic E-state index is 12.6. The molecule has 0 unspecified atom stereocenters. The molecule has 1 aliphatic carbocycles. The molecule has 7 heteroatoms. The molecule has 0 spiro atoms. The van der Waals surface area contributed by atoms with Gasteiger partial charge in [-0.1, -0.05) is 25.0 Å². The second kappa shape index (κ2) is 6.20. The van der Waals surface area contributed by atoms with Crippen LogP contribution in [0, 0.1) is 0 Å². The Morgan fingerprint density at radius 1 is 1.12 bits per heavy atom. The van der Waals surface area contributed by atoms with Crippen molar-refractivity contribution >= 4 is 27.4 Å². The second-order valence-electron chi connectivity index (χ2n) is 6.94. The zero-order valence-corrected chi connectivity index (χ0v) is 14.9. The summed E-state index contributed by atoms with van der Waals surface area (Å²) in [4.78, 5) is 23.9.